The number of hydrogen-bond donors (Lipinski definition) is 2. The third-order valence-electron chi connectivity index (χ3n) is 4.28. The van der Waals surface area contributed by atoms with Crippen molar-refractivity contribution < 1.29 is 17.5 Å². The Bertz CT molecular complexity index is 1320. The lowest BCUT2D eigenvalue weighted by Crippen LogP contribution is -2.14. The molecule has 0 fully saturated rings. The Morgan fingerprint density at radius 1 is 1.16 bits per heavy atom. The molecular weight excluding hydrogens is 441 g/mol. The van der Waals surface area contributed by atoms with E-state index < -0.39 is 20.7 Å². The van der Waals surface area contributed by atoms with Crippen molar-refractivity contribution in [3.8, 4) is 11.4 Å². The maximum Gasteiger partial charge on any atom is 0.266 e. The molecule has 2 aromatic carbocycles. The number of thiazole rings is 1. The molecule has 0 atom stereocenters. The van der Waals surface area contributed by atoms with E-state index in [1.54, 1.807) is 23.2 Å². The molecule has 2 heterocycles. The Morgan fingerprint density at radius 2 is 2.00 bits per heavy atom. The van der Waals surface area contributed by atoms with Crippen LogP contribution < -0.4 is 14.8 Å². The van der Waals surface area contributed by atoms with Crippen molar-refractivity contribution in [1.29, 1.82) is 0 Å². The van der Waals surface area contributed by atoms with Crippen LogP contribution in [-0.2, 0) is 10.0 Å². The molecule has 0 aliphatic heterocycles. The molecule has 0 bridgehead atoms. The lowest BCUT2D eigenvalue weighted by atomic mass is 10.3. The van der Waals surface area contributed by atoms with Crippen LogP contribution in [0.4, 0.5) is 21.0 Å². The van der Waals surface area contributed by atoms with Gasteiger partial charge in [0.25, 0.3) is 10.0 Å². The van der Waals surface area contributed by atoms with Gasteiger partial charge in [-0.15, -0.1) is 11.3 Å². The molecule has 0 amide bonds. The average molecular weight is 460 g/mol. The Hall–Kier alpha value is -3.44. The van der Waals surface area contributed by atoms with Crippen LogP contribution in [0.5, 0.6) is 5.75 Å². The summed E-state index contributed by atoms with van der Waals surface area (Å²) < 4.78 is 48.8. The van der Waals surface area contributed by atoms with Crippen LogP contribution in [-0.4, -0.2) is 30.3 Å². The summed E-state index contributed by atoms with van der Waals surface area (Å²) in [4.78, 5) is 3.39. The van der Waals surface area contributed by atoms with Crippen LogP contribution in [0.15, 0.2) is 65.0 Å². The quantitative estimate of drug-likeness (QED) is 0.427. The van der Waals surface area contributed by atoms with Crippen molar-refractivity contribution in [3.05, 3.63) is 71.6 Å². The highest BCUT2D eigenvalue weighted by molar-refractivity contribution is 7.93. The number of methoxy groups -OCH3 is 1. The van der Waals surface area contributed by atoms with E-state index >= 15 is 0 Å². The monoisotopic (exact) mass is 459 g/mol. The number of rotatable bonds is 7. The highest BCUT2D eigenvalue weighted by atomic mass is 32.2. The zero-order chi connectivity index (χ0) is 22.0. The number of ether oxygens (including phenoxy) is 1. The third kappa shape index (κ3) is 4.52. The zero-order valence-electron chi connectivity index (χ0n) is 16.5. The Labute approximate surface area is 182 Å². The molecule has 2 N–H and O–H groups in total. The van der Waals surface area contributed by atoms with E-state index in [0.29, 0.717) is 17.3 Å². The highest BCUT2D eigenvalue weighted by Gasteiger charge is 2.21. The molecule has 0 aliphatic carbocycles. The number of anilines is 3. The van der Waals surface area contributed by atoms with Crippen molar-refractivity contribution in [3.63, 3.8) is 0 Å². The normalized spacial score (nSPS) is 11.3. The lowest BCUT2D eigenvalue weighted by Gasteiger charge is -2.12. The van der Waals surface area contributed by atoms with Gasteiger partial charge in [-0.05, 0) is 37.3 Å². The Morgan fingerprint density at radius 3 is 2.71 bits per heavy atom. The van der Waals surface area contributed by atoms with Crippen molar-refractivity contribution >= 4 is 38.0 Å². The fraction of sp³-hybridized carbons (Fsp3) is 0.100. The van der Waals surface area contributed by atoms with Crippen LogP contribution in [0.2, 0.25) is 0 Å². The minimum absolute atomic E-state index is 0.166. The van der Waals surface area contributed by atoms with Crippen LogP contribution in [0.25, 0.3) is 5.69 Å². The van der Waals surface area contributed by atoms with Gasteiger partial charge in [0.15, 0.2) is 5.13 Å². The summed E-state index contributed by atoms with van der Waals surface area (Å²) in [5.74, 6) is 0.366. The van der Waals surface area contributed by atoms with Gasteiger partial charge in [0, 0.05) is 29.4 Å². The van der Waals surface area contributed by atoms with Gasteiger partial charge < -0.3 is 10.1 Å². The number of benzene rings is 2. The first-order valence-electron chi connectivity index (χ1n) is 9.06. The molecule has 0 unspecified atom stereocenters. The summed E-state index contributed by atoms with van der Waals surface area (Å²) in [5.41, 5.74) is 1.87. The number of aromatic nitrogens is 3. The van der Waals surface area contributed by atoms with Crippen LogP contribution >= 0.6 is 11.3 Å². The molecule has 0 saturated heterocycles. The molecule has 4 rings (SSSR count). The molecule has 0 spiro atoms. The number of nitrogens with one attached hydrogen (secondary N) is 2. The van der Waals surface area contributed by atoms with E-state index in [0.717, 1.165) is 28.8 Å². The minimum atomic E-state index is -4.09. The molecule has 31 heavy (non-hydrogen) atoms. The maximum atomic E-state index is 14.7. The largest absolute Gasteiger partial charge is 0.497 e. The van der Waals surface area contributed by atoms with E-state index in [4.69, 9.17) is 4.74 Å². The Kier molecular flexibility index (Phi) is 5.61. The number of hydrogen-bond acceptors (Lipinski definition) is 7. The Balaban J connectivity index is 1.62. The molecule has 0 aliphatic rings. The van der Waals surface area contributed by atoms with Crippen molar-refractivity contribution in [2.24, 2.45) is 0 Å². The summed E-state index contributed by atoms with van der Waals surface area (Å²) in [7, 11) is -2.52. The van der Waals surface area contributed by atoms with Gasteiger partial charge in [0.2, 0.25) is 0 Å². The average Bonchev–Trinajstić information content (AvgIpc) is 3.37. The summed E-state index contributed by atoms with van der Waals surface area (Å²) in [6.07, 6.45) is 1.46. The van der Waals surface area contributed by atoms with Gasteiger partial charge >= 0.3 is 0 Å². The van der Waals surface area contributed by atoms with Gasteiger partial charge in [0.1, 0.15) is 22.3 Å². The highest BCUT2D eigenvalue weighted by Crippen LogP contribution is 2.27. The van der Waals surface area contributed by atoms with Crippen LogP contribution in [0.3, 0.4) is 0 Å². The lowest BCUT2D eigenvalue weighted by molar-refractivity contribution is 0.414. The minimum Gasteiger partial charge on any atom is -0.497 e. The van der Waals surface area contributed by atoms with Gasteiger partial charge in [-0.1, -0.05) is 6.07 Å². The zero-order valence-corrected chi connectivity index (χ0v) is 18.2. The van der Waals surface area contributed by atoms with Crippen LogP contribution in [0, 0.1) is 12.7 Å². The molecule has 160 valence electrons. The fourth-order valence-electron chi connectivity index (χ4n) is 2.92. The number of nitrogens with zero attached hydrogens (tertiary/aromatic N) is 3. The van der Waals surface area contributed by atoms with E-state index in [1.807, 2.05) is 31.2 Å². The molecular formula is C20H18FN5O3S2. The smallest absolute Gasteiger partial charge is 0.266 e. The second kappa shape index (κ2) is 8.36. The van der Waals surface area contributed by atoms with Crippen LogP contribution in [0.1, 0.15) is 5.69 Å². The SMILES string of the molecule is COc1cccc(-n2nc(C)cc2Nc2ccc(S(=O)(=O)Nc3nccs3)c(F)c2)c1. The van der Waals surface area contributed by atoms with Gasteiger partial charge in [-0.3, -0.25) is 4.72 Å². The predicted molar refractivity (Wildman–Crippen MR) is 117 cm³/mol. The summed E-state index contributed by atoms with van der Waals surface area (Å²) in [6, 6.07) is 12.9. The van der Waals surface area contributed by atoms with E-state index in [9.17, 15) is 12.8 Å². The molecule has 8 nitrogen and oxygen atoms in total. The number of halogens is 1. The third-order valence-corrected chi connectivity index (χ3v) is 6.47. The van der Waals surface area contributed by atoms with Gasteiger partial charge in [-0.2, -0.15) is 5.10 Å². The first-order valence-corrected chi connectivity index (χ1v) is 11.4. The standard InChI is InChI=1S/C20H18FN5O3S2/c1-13-10-19(26(24-13)15-4-3-5-16(12-15)29-2)23-14-6-7-18(17(21)11-14)31(27,28)25-20-22-8-9-30-20/h3-12,23H,1-2H3,(H,22,25). The maximum absolute atomic E-state index is 14.7. The second-order valence-electron chi connectivity index (χ2n) is 6.50. The molecule has 0 saturated carbocycles. The molecule has 11 heteroatoms. The first-order chi connectivity index (χ1) is 14.9. The molecule has 4 aromatic rings. The summed E-state index contributed by atoms with van der Waals surface area (Å²) in [6.45, 7) is 1.84. The fourth-order valence-corrected chi connectivity index (χ4v) is 4.77. The first kappa shape index (κ1) is 20.8. The summed E-state index contributed by atoms with van der Waals surface area (Å²) >= 11 is 1.10. The van der Waals surface area contributed by atoms with Crippen molar-refractivity contribution in [2.45, 2.75) is 11.8 Å². The van der Waals surface area contributed by atoms with E-state index in [2.05, 4.69) is 20.1 Å². The predicted octanol–water partition coefficient (Wildman–Crippen LogP) is 4.33. The van der Waals surface area contributed by atoms with Crippen molar-refractivity contribution in [2.75, 3.05) is 17.1 Å². The number of aryl methyl sites for hydroxylation is 1. The van der Waals surface area contributed by atoms with Crippen molar-refractivity contribution in [1.82, 2.24) is 14.8 Å². The number of sulfonamides is 1. The topological polar surface area (TPSA) is 98.1 Å². The van der Waals surface area contributed by atoms with Gasteiger partial charge in [-0.25, -0.2) is 22.5 Å². The molecule has 2 aromatic heterocycles. The van der Waals surface area contributed by atoms with E-state index in [-0.39, 0.29) is 5.13 Å². The van der Waals surface area contributed by atoms with E-state index in [1.165, 1.54) is 18.3 Å². The summed E-state index contributed by atoms with van der Waals surface area (Å²) in [5, 5.41) is 9.34. The second-order valence-corrected chi connectivity index (χ2v) is 9.04. The molecule has 0 radical (unpaired) electrons. The van der Waals surface area contributed by atoms with Gasteiger partial charge in [0.05, 0.1) is 18.5 Å².